The van der Waals surface area contributed by atoms with Crippen LogP contribution in [0.15, 0.2) is 60.9 Å². The summed E-state index contributed by atoms with van der Waals surface area (Å²) in [5.74, 6) is 0.341. The van der Waals surface area contributed by atoms with E-state index in [2.05, 4.69) is 31.2 Å². The van der Waals surface area contributed by atoms with Crippen molar-refractivity contribution in [3.8, 4) is 11.3 Å². The van der Waals surface area contributed by atoms with E-state index in [1.165, 1.54) is 0 Å². The van der Waals surface area contributed by atoms with Gasteiger partial charge in [-0.2, -0.15) is 0 Å². The minimum atomic E-state index is -0.297. The monoisotopic (exact) mass is 404 g/mol. The molecule has 1 aromatic carbocycles. The van der Waals surface area contributed by atoms with Crippen molar-refractivity contribution in [1.82, 2.24) is 20.6 Å². The number of carbonyl (C=O) groups is 2. The third-order valence-electron chi connectivity index (χ3n) is 4.33. The summed E-state index contributed by atoms with van der Waals surface area (Å²) in [5, 5.41) is 11.3. The van der Waals surface area contributed by atoms with Crippen LogP contribution in [-0.2, 0) is 6.54 Å². The van der Waals surface area contributed by atoms with Crippen molar-refractivity contribution in [3.05, 3.63) is 72.1 Å². The Morgan fingerprint density at radius 1 is 1.03 bits per heavy atom. The molecule has 0 aliphatic rings. The maximum absolute atomic E-state index is 12.1. The van der Waals surface area contributed by atoms with Gasteiger partial charge in [-0.15, -0.1) is 0 Å². The number of carbonyl (C=O) groups excluding carboxylic acids is 2. The third-order valence-corrected chi connectivity index (χ3v) is 4.33. The first-order chi connectivity index (χ1) is 14.6. The molecule has 0 saturated carbocycles. The molecule has 0 unspecified atom stereocenters. The summed E-state index contributed by atoms with van der Waals surface area (Å²) < 4.78 is 0. The largest absolute Gasteiger partial charge is 0.370 e. The number of hydrogen-bond acceptors (Lipinski definition) is 5. The highest BCUT2D eigenvalue weighted by Crippen LogP contribution is 2.23. The zero-order valence-corrected chi connectivity index (χ0v) is 16.9. The molecule has 3 aromatic rings. The van der Waals surface area contributed by atoms with Crippen LogP contribution in [0.25, 0.3) is 11.3 Å². The SMILES string of the molecule is CCNc1nc(-c2ccc(NC(=O)NCc3cccnc3)cc2)ccc1C(=O)NC. The minimum absolute atomic E-state index is 0.193. The molecule has 0 atom stereocenters. The van der Waals surface area contributed by atoms with Crippen LogP contribution in [-0.4, -0.2) is 35.5 Å². The lowest BCUT2D eigenvalue weighted by molar-refractivity contribution is 0.0963. The van der Waals surface area contributed by atoms with Crippen LogP contribution in [0.5, 0.6) is 0 Å². The molecule has 0 aliphatic carbocycles. The molecule has 0 bridgehead atoms. The number of hydrogen-bond donors (Lipinski definition) is 4. The molecule has 3 rings (SSSR count). The van der Waals surface area contributed by atoms with Crippen LogP contribution in [0.3, 0.4) is 0 Å². The van der Waals surface area contributed by atoms with E-state index in [9.17, 15) is 9.59 Å². The predicted octanol–water partition coefficient (Wildman–Crippen LogP) is 3.26. The molecule has 0 spiro atoms. The minimum Gasteiger partial charge on any atom is -0.370 e. The van der Waals surface area contributed by atoms with Gasteiger partial charge in [-0.1, -0.05) is 18.2 Å². The smallest absolute Gasteiger partial charge is 0.319 e. The summed E-state index contributed by atoms with van der Waals surface area (Å²) in [4.78, 5) is 32.7. The van der Waals surface area contributed by atoms with Crippen LogP contribution in [0.4, 0.5) is 16.3 Å². The average Bonchev–Trinajstić information content (AvgIpc) is 2.78. The number of pyridine rings is 2. The Labute approximate surface area is 175 Å². The summed E-state index contributed by atoms with van der Waals surface area (Å²) in [7, 11) is 1.59. The van der Waals surface area contributed by atoms with Gasteiger partial charge < -0.3 is 21.3 Å². The van der Waals surface area contributed by atoms with Gasteiger partial charge in [0.05, 0.1) is 11.3 Å². The van der Waals surface area contributed by atoms with E-state index in [0.717, 1.165) is 16.8 Å². The Hall–Kier alpha value is -3.94. The fourth-order valence-electron chi connectivity index (χ4n) is 2.82. The molecule has 2 heterocycles. The van der Waals surface area contributed by atoms with Gasteiger partial charge in [0.2, 0.25) is 0 Å². The zero-order chi connectivity index (χ0) is 21.3. The lowest BCUT2D eigenvalue weighted by Gasteiger charge is -2.12. The molecule has 8 nitrogen and oxygen atoms in total. The van der Waals surface area contributed by atoms with E-state index in [1.54, 1.807) is 43.7 Å². The van der Waals surface area contributed by atoms with E-state index >= 15 is 0 Å². The number of anilines is 2. The summed E-state index contributed by atoms with van der Waals surface area (Å²) in [6, 6.07) is 14.3. The summed E-state index contributed by atoms with van der Waals surface area (Å²) in [6.45, 7) is 2.99. The van der Waals surface area contributed by atoms with Crippen molar-refractivity contribution in [3.63, 3.8) is 0 Å². The van der Waals surface area contributed by atoms with E-state index < -0.39 is 0 Å². The normalized spacial score (nSPS) is 10.2. The molecule has 2 aromatic heterocycles. The van der Waals surface area contributed by atoms with Gasteiger partial charge in [0.1, 0.15) is 5.82 Å². The number of urea groups is 1. The van der Waals surface area contributed by atoms with Crippen LogP contribution in [0.2, 0.25) is 0 Å². The van der Waals surface area contributed by atoms with Crippen LogP contribution < -0.4 is 21.3 Å². The van der Waals surface area contributed by atoms with Gasteiger partial charge >= 0.3 is 6.03 Å². The van der Waals surface area contributed by atoms with Gasteiger partial charge in [0.25, 0.3) is 5.91 Å². The third kappa shape index (κ3) is 5.32. The van der Waals surface area contributed by atoms with Crippen molar-refractivity contribution in [1.29, 1.82) is 0 Å². The molecule has 8 heteroatoms. The first kappa shape index (κ1) is 20.8. The topological polar surface area (TPSA) is 108 Å². The molecule has 154 valence electrons. The maximum atomic E-state index is 12.1. The van der Waals surface area contributed by atoms with Crippen molar-refractivity contribution >= 4 is 23.4 Å². The quantitative estimate of drug-likeness (QED) is 0.483. The summed E-state index contributed by atoms with van der Waals surface area (Å²) in [5.41, 5.74) is 3.68. The second-order valence-electron chi connectivity index (χ2n) is 6.45. The Balaban J connectivity index is 1.67. The van der Waals surface area contributed by atoms with E-state index in [0.29, 0.717) is 30.2 Å². The predicted molar refractivity (Wildman–Crippen MR) is 117 cm³/mol. The number of benzene rings is 1. The van der Waals surface area contributed by atoms with Gasteiger partial charge in [-0.05, 0) is 42.8 Å². The molecule has 4 N–H and O–H groups in total. The standard InChI is InChI=1S/C22H24N6O2/c1-3-25-20-18(21(29)23-2)10-11-19(28-20)16-6-8-17(9-7-16)27-22(30)26-14-15-5-4-12-24-13-15/h4-13H,3,14H2,1-2H3,(H,23,29)(H,25,28)(H2,26,27,30). The lowest BCUT2D eigenvalue weighted by Crippen LogP contribution is -2.28. The molecule has 30 heavy (non-hydrogen) atoms. The van der Waals surface area contributed by atoms with E-state index in [1.807, 2.05) is 31.2 Å². The molecule has 0 radical (unpaired) electrons. The number of nitrogens with one attached hydrogen (secondary N) is 4. The van der Waals surface area contributed by atoms with Gasteiger partial charge in [-0.25, -0.2) is 9.78 Å². The highest BCUT2D eigenvalue weighted by atomic mass is 16.2. The van der Waals surface area contributed by atoms with Crippen molar-refractivity contribution < 1.29 is 9.59 Å². The van der Waals surface area contributed by atoms with Crippen LogP contribution in [0, 0.1) is 0 Å². The van der Waals surface area contributed by atoms with Gasteiger partial charge in [0.15, 0.2) is 0 Å². The zero-order valence-electron chi connectivity index (χ0n) is 16.9. The van der Waals surface area contributed by atoms with E-state index in [4.69, 9.17) is 0 Å². The second-order valence-corrected chi connectivity index (χ2v) is 6.45. The first-order valence-corrected chi connectivity index (χ1v) is 9.62. The number of amides is 3. The Morgan fingerprint density at radius 3 is 2.50 bits per heavy atom. The Kier molecular flexibility index (Phi) is 6.94. The van der Waals surface area contributed by atoms with Crippen LogP contribution in [0.1, 0.15) is 22.8 Å². The van der Waals surface area contributed by atoms with E-state index in [-0.39, 0.29) is 11.9 Å². The number of nitrogens with zero attached hydrogens (tertiary/aromatic N) is 2. The molecule has 3 amide bonds. The first-order valence-electron chi connectivity index (χ1n) is 9.62. The van der Waals surface area contributed by atoms with Gasteiger partial charge in [-0.3, -0.25) is 9.78 Å². The molecular formula is C22H24N6O2. The van der Waals surface area contributed by atoms with Gasteiger partial charge in [0, 0.05) is 43.8 Å². The molecule has 0 fully saturated rings. The van der Waals surface area contributed by atoms with Crippen molar-refractivity contribution in [2.75, 3.05) is 24.2 Å². The second kappa shape index (κ2) is 10.0. The van der Waals surface area contributed by atoms with Crippen LogP contribution >= 0.6 is 0 Å². The highest BCUT2D eigenvalue weighted by molar-refractivity contribution is 5.99. The average molecular weight is 404 g/mol. The number of aromatic nitrogens is 2. The maximum Gasteiger partial charge on any atom is 0.319 e. The highest BCUT2D eigenvalue weighted by Gasteiger charge is 2.13. The summed E-state index contributed by atoms with van der Waals surface area (Å²) >= 11 is 0. The molecule has 0 aliphatic heterocycles. The van der Waals surface area contributed by atoms with Crippen molar-refractivity contribution in [2.24, 2.45) is 0 Å². The lowest BCUT2D eigenvalue weighted by atomic mass is 10.1. The number of rotatable bonds is 7. The fourth-order valence-corrected chi connectivity index (χ4v) is 2.82. The Bertz CT molecular complexity index is 1010. The van der Waals surface area contributed by atoms with Crippen molar-refractivity contribution in [2.45, 2.75) is 13.5 Å². The Morgan fingerprint density at radius 2 is 1.83 bits per heavy atom. The fraction of sp³-hybridized carbons (Fsp3) is 0.182. The molecule has 0 saturated heterocycles. The summed E-state index contributed by atoms with van der Waals surface area (Å²) in [6.07, 6.45) is 3.40. The molecular weight excluding hydrogens is 380 g/mol.